The maximum absolute atomic E-state index is 13.7. The third-order valence-electron chi connectivity index (χ3n) is 6.84. The summed E-state index contributed by atoms with van der Waals surface area (Å²) in [5.74, 6) is 0.987. The Labute approximate surface area is 240 Å². The highest BCUT2D eigenvalue weighted by atomic mass is 16.2. The second-order valence-electron chi connectivity index (χ2n) is 12.8. The van der Waals surface area contributed by atoms with Crippen LogP contribution in [0.4, 0.5) is 16.3 Å². The van der Waals surface area contributed by atoms with Crippen molar-refractivity contribution in [2.75, 3.05) is 23.7 Å². The van der Waals surface area contributed by atoms with E-state index in [1.165, 1.54) is 0 Å². The Balaban J connectivity index is 1.88. The van der Waals surface area contributed by atoms with Gasteiger partial charge in [0, 0.05) is 23.7 Å². The molecule has 2 aromatic carbocycles. The molecule has 0 atom stereocenters. The second kappa shape index (κ2) is 12.7. The van der Waals surface area contributed by atoms with Crippen LogP contribution in [0.3, 0.4) is 0 Å². The quantitative estimate of drug-likeness (QED) is 0.287. The largest absolute Gasteiger partial charge is 0.322 e. The molecule has 7 heteroatoms. The molecule has 0 aliphatic heterocycles. The fourth-order valence-corrected chi connectivity index (χ4v) is 4.62. The minimum absolute atomic E-state index is 0.0746. The minimum Gasteiger partial charge on any atom is -0.315 e. The van der Waals surface area contributed by atoms with Gasteiger partial charge in [0.15, 0.2) is 0 Å². The van der Waals surface area contributed by atoms with Crippen LogP contribution < -0.4 is 10.6 Å². The summed E-state index contributed by atoms with van der Waals surface area (Å²) in [5, 5.41) is 11.0. The molecule has 0 radical (unpaired) electrons. The molecule has 0 saturated heterocycles. The van der Waals surface area contributed by atoms with Crippen LogP contribution in [-0.4, -0.2) is 39.7 Å². The van der Waals surface area contributed by atoms with E-state index in [0.717, 1.165) is 33.8 Å². The van der Waals surface area contributed by atoms with Crippen molar-refractivity contribution in [3.63, 3.8) is 0 Å². The van der Waals surface area contributed by atoms with Crippen molar-refractivity contribution in [1.82, 2.24) is 14.7 Å². The predicted molar refractivity (Wildman–Crippen MR) is 166 cm³/mol. The number of rotatable bonds is 9. The van der Waals surface area contributed by atoms with Gasteiger partial charge in [0.1, 0.15) is 12.4 Å². The Morgan fingerprint density at radius 1 is 0.900 bits per heavy atom. The summed E-state index contributed by atoms with van der Waals surface area (Å²) >= 11 is 0. The first-order chi connectivity index (χ1) is 18.7. The van der Waals surface area contributed by atoms with Crippen LogP contribution in [0.5, 0.6) is 0 Å². The zero-order valence-electron chi connectivity index (χ0n) is 25.9. The first-order valence-corrected chi connectivity index (χ1v) is 14.3. The lowest BCUT2D eigenvalue weighted by Crippen LogP contribution is -2.43. The molecule has 0 spiro atoms. The van der Waals surface area contributed by atoms with Gasteiger partial charge in [-0.05, 0) is 47.9 Å². The number of benzene rings is 2. The summed E-state index contributed by atoms with van der Waals surface area (Å²) in [6.07, 6.45) is 0. The van der Waals surface area contributed by atoms with Crippen molar-refractivity contribution < 1.29 is 9.59 Å². The smallest absolute Gasteiger partial charge is 0.315 e. The molecule has 40 heavy (non-hydrogen) atoms. The fourth-order valence-electron chi connectivity index (χ4n) is 4.62. The third-order valence-corrected chi connectivity index (χ3v) is 6.84. The Kier molecular flexibility index (Phi) is 9.82. The molecule has 3 amide bonds. The summed E-state index contributed by atoms with van der Waals surface area (Å²) in [5.41, 5.74) is 5.70. The molecule has 1 aromatic heterocycles. The van der Waals surface area contributed by atoms with Gasteiger partial charge in [-0.25, -0.2) is 9.48 Å². The Hall–Kier alpha value is -3.61. The van der Waals surface area contributed by atoms with Crippen LogP contribution in [0.2, 0.25) is 0 Å². The second-order valence-corrected chi connectivity index (χ2v) is 12.8. The zero-order valence-corrected chi connectivity index (χ0v) is 25.9. The average molecular weight is 546 g/mol. The molecule has 216 valence electrons. The number of carbonyl (C=O) groups excluding carboxylic acids is 2. The molecular formula is C33H47N5O2. The van der Waals surface area contributed by atoms with E-state index in [4.69, 9.17) is 5.10 Å². The number of aryl methyl sites for hydroxylation is 1. The highest BCUT2D eigenvalue weighted by molar-refractivity contribution is 5.97. The summed E-state index contributed by atoms with van der Waals surface area (Å²) in [6, 6.07) is 15.8. The number of urea groups is 1. The van der Waals surface area contributed by atoms with Crippen molar-refractivity contribution in [3.8, 4) is 5.69 Å². The van der Waals surface area contributed by atoms with Crippen LogP contribution in [-0.2, 0) is 10.2 Å². The van der Waals surface area contributed by atoms with E-state index in [1.54, 1.807) is 9.58 Å². The zero-order chi connectivity index (χ0) is 29.8. The monoisotopic (exact) mass is 545 g/mol. The molecule has 0 saturated carbocycles. The number of aromatic nitrogens is 2. The number of amides is 3. The van der Waals surface area contributed by atoms with Crippen molar-refractivity contribution in [2.24, 2.45) is 5.92 Å². The van der Waals surface area contributed by atoms with Crippen LogP contribution >= 0.6 is 0 Å². The molecule has 2 N–H and O–H groups in total. The lowest BCUT2D eigenvalue weighted by molar-refractivity contribution is -0.116. The van der Waals surface area contributed by atoms with Crippen molar-refractivity contribution in [3.05, 3.63) is 70.9 Å². The van der Waals surface area contributed by atoms with Gasteiger partial charge in [-0.2, -0.15) is 5.10 Å². The number of hydrogen-bond acceptors (Lipinski definition) is 3. The molecular weight excluding hydrogens is 498 g/mol. The van der Waals surface area contributed by atoms with Gasteiger partial charge in [0.05, 0.1) is 11.4 Å². The highest BCUT2D eigenvalue weighted by Crippen LogP contribution is 2.33. The third kappa shape index (κ3) is 7.74. The van der Waals surface area contributed by atoms with Crippen LogP contribution in [0.15, 0.2) is 48.5 Å². The van der Waals surface area contributed by atoms with Crippen molar-refractivity contribution in [2.45, 2.75) is 86.5 Å². The molecule has 0 aliphatic rings. The Morgan fingerprint density at radius 2 is 1.48 bits per heavy atom. The van der Waals surface area contributed by atoms with Crippen molar-refractivity contribution >= 4 is 23.4 Å². The van der Waals surface area contributed by atoms with E-state index >= 15 is 0 Å². The maximum atomic E-state index is 13.7. The maximum Gasteiger partial charge on any atom is 0.322 e. The fraction of sp³-hybridized carbons (Fsp3) is 0.485. The van der Waals surface area contributed by atoms with E-state index < -0.39 is 0 Å². The molecule has 0 fully saturated rings. The number of nitrogens with zero attached hydrogens (tertiary/aromatic N) is 3. The summed E-state index contributed by atoms with van der Waals surface area (Å²) in [7, 11) is 0. The van der Waals surface area contributed by atoms with Gasteiger partial charge in [-0.1, -0.05) is 98.2 Å². The lowest BCUT2D eigenvalue weighted by Gasteiger charge is -2.27. The van der Waals surface area contributed by atoms with E-state index in [1.807, 2.05) is 57.2 Å². The van der Waals surface area contributed by atoms with Gasteiger partial charge in [0.2, 0.25) is 5.91 Å². The average Bonchev–Trinajstić information content (AvgIpc) is 3.27. The van der Waals surface area contributed by atoms with Gasteiger partial charge in [0.25, 0.3) is 0 Å². The van der Waals surface area contributed by atoms with E-state index in [9.17, 15) is 9.59 Å². The molecule has 3 rings (SSSR count). The SMILES string of the molecule is Cc1ccc(-n2nc(C(C)(C)C)cc2NC(=O)CN(CC(C)C)C(=O)Nc2c(C(C)C)cccc2C(C)C)cc1. The number of para-hydroxylation sites is 1. The van der Waals surface area contributed by atoms with Gasteiger partial charge >= 0.3 is 6.03 Å². The lowest BCUT2D eigenvalue weighted by atomic mass is 9.92. The minimum atomic E-state index is -0.277. The molecule has 1 heterocycles. The summed E-state index contributed by atoms with van der Waals surface area (Å²) in [6.45, 7) is 21.3. The molecule has 0 unspecified atom stereocenters. The van der Waals surface area contributed by atoms with Crippen LogP contribution in [0.25, 0.3) is 5.69 Å². The molecule has 0 aliphatic carbocycles. The van der Waals surface area contributed by atoms with E-state index in [2.05, 4.69) is 71.2 Å². The standard InChI is InChI=1S/C33H47N5O2/c1-21(2)19-37(32(40)35-31-26(22(3)4)12-11-13-27(31)23(5)6)20-30(39)34-29-18-28(33(8,9)10)36-38(29)25-16-14-24(7)15-17-25/h11-18,21-23H,19-20H2,1-10H3,(H,34,39)(H,35,40). The molecule has 0 bridgehead atoms. The summed E-state index contributed by atoms with van der Waals surface area (Å²) < 4.78 is 1.76. The number of nitrogens with one attached hydrogen (secondary N) is 2. The van der Waals surface area contributed by atoms with E-state index in [0.29, 0.717) is 12.4 Å². The normalized spacial score (nSPS) is 11.8. The van der Waals surface area contributed by atoms with Gasteiger partial charge in [-0.3, -0.25) is 4.79 Å². The van der Waals surface area contributed by atoms with Gasteiger partial charge < -0.3 is 15.5 Å². The predicted octanol–water partition coefficient (Wildman–Crippen LogP) is 7.85. The first-order valence-electron chi connectivity index (χ1n) is 14.3. The van der Waals surface area contributed by atoms with E-state index in [-0.39, 0.29) is 41.7 Å². The van der Waals surface area contributed by atoms with Crippen molar-refractivity contribution in [1.29, 1.82) is 0 Å². The number of hydrogen-bond donors (Lipinski definition) is 2. The van der Waals surface area contributed by atoms with Crippen LogP contribution in [0.1, 0.15) is 96.5 Å². The summed E-state index contributed by atoms with van der Waals surface area (Å²) in [4.78, 5) is 28.7. The van der Waals surface area contributed by atoms with Crippen LogP contribution in [0, 0.1) is 12.8 Å². The first kappa shape index (κ1) is 30.9. The Bertz CT molecular complexity index is 1290. The number of anilines is 2. The van der Waals surface area contributed by atoms with Gasteiger partial charge in [-0.15, -0.1) is 0 Å². The molecule has 3 aromatic rings. The number of carbonyl (C=O) groups is 2. The highest BCUT2D eigenvalue weighted by Gasteiger charge is 2.25. The molecule has 7 nitrogen and oxygen atoms in total. The topological polar surface area (TPSA) is 79.3 Å². The Morgan fingerprint density at radius 3 is 1.98 bits per heavy atom.